The molecule has 0 N–H and O–H groups in total. The maximum atomic E-state index is 5.14. The largest absolute Gasteiger partial charge is 0.497 e. The minimum absolute atomic E-state index is 0.885. The van der Waals surface area contributed by atoms with Crippen molar-refractivity contribution in [3.8, 4) is 5.75 Å². The maximum Gasteiger partial charge on any atom is 0.205 e. The smallest absolute Gasteiger partial charge is 0.205 e. The van der Waals surface area contributed by atoms with Crippen LogP contribution in [0.15, 0.2) is 48.7 Å². The highest BCUT2D eigenvalue weighted by Crippen LogP contribution is 2.13. The van der Waals surface area contributed by atoms with Crippen LogP contribution in [0.5, 0.6) is 5.75 Å². The zero-order valence-corrected chi connectivity index (χ0v) is 10.8. The number of hydrogen-bond donors (Lipinski definition) is 0. The lowest BCUT2D eigenvalue weighted by atomic mass is 10.2. The van der Waals surface area contributed by atoms with E-state index in [9.17, 15) is 0 Å². The summed E-state index contributed by atoms with van der Waals surface area (Å²) in [5.74, 6) is 0.885. The Kier molecular flexibility index (Phi) is 4.13. The number of nitrogens with zero attached hydrogens (tertiary/aromatic N) is 1. The molecule has 0 aliphatic heterocycles. The molecule has 1 heterocycles. The molecule has 0 saturated carbocycles. The van der Waals surface area contributed by atoms with Crippen LogP contribution in [-0.4, -0.2) is 7.11 Å². The molecule has 18 heavy (non-hydrogen) atoms. The summed E-state index contributed by atoms with van der Waals surface area (Å²) in [6, 6.07) is 14.3. The van der Waals surface area contributed by atoms with Crippen LogP contribution in [0.1, 0.15) is 18.2 Å². The highest BCUT2D eigenvalue weighted by molar-refractivity contribution is 5.67. The molecule has 2 heteroatoms. The molecule has 2 rings (SSSR count). The number of rotatable bonds is 4. The number of hydrogen-bond acceptors (Lipinski definition) is 1. The number of aryl methyl sites for hydroxylation is 1. The van der Waals surface area contributed by atoms with Crippen LogP contribution in [0, 0.1) is 0 Å². The summed E-state index contributed by atoms with van der Waals surface area (Å²) in [5, 5.41) is 0. The van der Waals surface area contributed by atoms with Gasteiger partial charge >= 0.3 is 0 Å². The summed E-state index contributed by atoms with van der Waals surface area (Å²) in [5.41, 5.74) is 2.37. The van der Waals surface area contributed by atoms with E-state index in [4.69, 9.17) is 4.74 Å². The normalized spacial score (nSPS) is 10.8. The molecular weight excluding hydrogens is 222 g/mol. The Balaban J connectivity index is 2.19. The van der Waals surface area contributed by atoms with Gasteiger partial charge in [0.25, 0.3) is 0 Å². The number of benzene rings is 1. The number of pyridine rings is 1. The van der Waals surface area contributed by atoms with Crippen molar-refractivity contribution >= 4 is 12.2 Å². The molecule has 0 radical (unpaired) electrons. The zero-order valence-electron chi connectivity index (χ0n) is 10.8. The van der Waals surface area contributed by atoms with E-state index >= 15 is 0 Å². The van der Waals surface area contributed by atoms with Gasteiger partial charge in [0, 0.05) is 18.2 Å². The summed E-state index contributed by atoms with van der Waals surface area (Å²) < 4.78 is 7.35. The molecule has 0 saturated heterocycles. The molecule has 2 aromatic rings. The molecule has 0 bridgehead atoms. The van der Waals surface area contributed by atoms with E-state index in [0.717, 1.165) is 12.3 Å². The fourth-order valence-corrected chi connectivity index (χ4v) is 1.83. The minimum atomic E-state index is 0.885. The minimum Gasteiger partial charge on any atom is -0.497 e. The molecule has 0 aliphatic rings. The third kappa shape index (κ3) is 2.98. The van der Waals surface area contributed by atoms with Crippen LogP contribution in [0.25, 0.3) is 12.2 Å². The van der Waals surface area contributed by atoms with Crippen molar-refractivity contribution in [1.29, 1.82) is 0 Å². The average Bonchev–Trinajstić information content (AvgIpc) is 2.46. The molecule has 0 unspecified atom stereocenters. The Labute approximate surface area is 108 Å². The molecule has 0 atom stereocenters. The first kappa shape index (κ1) is 12.4. The van der Waals surface area contributed by atoms with Crippen LogP contribution < -0.4 is 9.30 Å². The van der Waals surface area contributed by atoms with Gasteiger partial charge in [0.1, 0.15) is 12.3 Å². The van der Waals surface area contributed by atoms with E-state index in [2.05, 4.69) is 54.1 Å². The SMILES string of the molecule is CC[n+]1ccccc1C=Cc1ccc(OC)cc1. The second kappa shape index (κ2) is 6.01. The Morgan fingerprint density at radius 3 is 2.50 bits per heavy atom. The van der Waals surface area contributed by atoms with Crippen LogP contribution in [0.3, 0.4) is 0 Å². The molecule has 0 spiro atoms. The lowest BCUT2D eigenvalue weighted by Gasteiger charge is -1.99. The van der Waals surface area contributed by atoms with Gasteiger partial charge in [0.2, 0.25) is 5.69 Å². The van der Waals surface area contributed by atoms with Gasteiger partial charge in [0.15, 0.2) is 6.20 Å². The molecule has 1 aromatic carbocycles. The van der Waals surface area contributed by atoms with Gasteiger partial charge in [-0.25, -0.2) is 0 Å². The van der Waals surface area contributed by atoms with Crippen LogP contribution in [0.2, 0.25) is 0 Å². The zero-order chi connectivity index (χ0) is 12.8. The van der Waals surface area contributed by atoms with Gasteiger partial charge in [-0.05, 0) is 36.8 Å². The predicted molar refractivity (Wildman–Crippen MR) is 74.2 cm³/mol. The van der Waals surface area contributed by atoms with E-state index in [-0.39, 0.29) is 0 Å². The molecule has 0 aliphatic carbocycles. The summed E-state index contributed by atoms with van der Waals surface area (Å²) in [7, 11) is 1.68. The van der Waals surface area contributed by atoms with Gasteiger partial charge in [-0.3, -0.25) is 0 Å². The summed E-state index contributed by atoms with van der Waals surface area (Å²) in [6.45, 7) is 3.12. The average molecular weight is 240 g/mol. The van der Waals surface area contributed by atoms with Gasteiger partial charge in [0.05, 0.1) is 7.11 Å². The monoisotopic (exact) mass is 240 g/mol. The van der Waals surface area contributed by atoms with E-state index in [1.54, 1.807) is 7.11 Å². The highest BCUT2D eigenvalue weighted by Gasteiger charge is 2.02. The highest BCUT2D eigenvalue weighted by atomic mass is 16.5. The van der Waals surface area contributed by atoms with Crippen molar-refractivity contribution in [3.05, 3.63) is 59.9 Å². The molecular formula is C16H18NO+. The van der Waals surface area contributed by atoms with E-state index in [1.165, 1.54) is 11.3 Å². The number of methoxy groups -OCH3 is 1. The first-order valence-electron chi connectivity index (χ1n) is 6.14. The van der Waals surface area contributed by atoms with Crippen LogP contribution >= 0.6 is 0 Å². The summed E-state index contributed by atoms with van der Waals surface area (Å²) in [4.78, 5) is 0. The predicted octanol–water partition coefficient (Wildman–Crippen LogP) is 3.17. The van der Waals surface area contributed by atoms with Gasteiger partial charge in [-0.15, -0.1) is 0 Å². The van der Waals surface area contributed by atoms with Crippen LogP contribution in [-0.2, 0) is 6.54 Å². The van der Waals surface area contributed by atoms with Crippen molar-refractivity contribution in [2.45, 2.75) is 13.5 Å². The second-order valence-corrected chi connectivity index (χ2v) is 4.02. The molecule has 92 valence electrons. The maximum absolute atomic E-state index is 5.14. The molecule has 1 aromatic heterocycles. The first-order valence-corrected chi connectivity index (χ1v) is 6.14. The Morgan fingerprint density at radius 1 is 1.06 bits per heavy atom. The number of aromatic nitrogens is 1. The van der Waals surface area contributed by atoms with E-state index in [1.807, 2.05) is 18.2 Å². The fraction of sp³-hybridized carbons (Fsp3) is 0.188. The fourth-order valence-electron chi connectivity index (χ4n) is 1.83. The van der Waals surface area contributed by atoms with E-state index < -0.39 is 0 Å². The topological polar surface area (TPSA) is 13.1 Å². The summed E-state index contributed by atoms with van der Waals surface area (Å²) in [6.07, 6.45) is 6.33. The van der Waals surface area contributed by atoms with Gasteiger partial charge < -0.3 is 4.74 Å². The van der Waals surface area contributed by atoms with Crippen molar-refractivity contribution < 1.29 is 9.30 Å². The van der Waals surface area contributed by atoms with Gasteiger partial charge in [-0.2, -0.15) is 4.57 Å². The van der Waals surface area contributed by atoms with E-state index in [0.29, 0.717) is 0 Å². The third-order valence-electron chi connectivity index (χ3n) is 2.88. The standard InChI is InChI=1S/C16H18NO/c1-3-17-13-5-4-6-15(17)10-7-14-8-11-16(18-2)12-9-14/h4-13H,3H2,1-2H3/q+1. The quantitative estimate of drug-likeness (QED) is 0.748. The molecule has 2 nitrogen and oxygen atoms in total. The Morgan fingerprint density at radius 2 is 1.83 bits per heavy atom. The Hall–Kier alpha value is -2.09. The van der Waals surface area contributed by atoms with Crippen molar-refractivity contribution in [2.75, 3.05) is 7.11 Å². The van der Waals surface area contributed by atoms with Crippen molar-refractivity contribution in [3.63, 3.8) is 0 Å². The van der Waals surface area contributed by atoms with Crippen LogP contribution in [0.4, 0.5) is 0 Å². The number of ether oxygens (including phenoxy) is 1. The third-order valence-corrected chi connectivity index (χ3v) is 2.88. The second-order valence-electron chi connectivity index (χ2n) is 4.02. The van der Waals surface area contributed by atoms with Crippen molar-refractivity contribution in [1.82, 2.24) is 0 Å². The molecule has 0 amide bonds. The lowest BCUT2D eigenvalue weighted by molar-refractivity contribution is -0.695. The molecule has 0 fully saturated rings. The van der Waals surface area contributed by atoms with Gasteiger partial charge in [-0.1, -0.05) is 12.1 Å². The van der Waals surface area contributed by atoms with Crippen molar-refractivity contribution in [2.24, 2.45) is 0 Å². The first-order chi connectivity index (χ1) is 8.83. The summed E-state index contributed by atoms with van der Waals surface area (Å²) >= 11 is 0. The lowest BCUT2D eigenvalue weighted by Crippen LogP contribution is -2.34. The Bertz CT molecular complexity index is 529.